The Kier molecular flexibility index (Phi) is 4.40. The summed E-state index contributed by atoms with van der Waals surface area (Å²) in [4.78, 5) is 24.2. The molecule has 0 radical (unpaired) electrons. The lowest BCUT2D eigenvalue weighted by atomic mass is 10.00. The van der Waals surface area contributed by atoms with Gasteiger partial charge in [-0.15, -0.1) is 11.8 Å². The average molecular weight is 322 g/mol. The first-order valence-electron chi connectivity index (χ1n) is 7.20. The molecule has 0 aliphatic heterocycles. The lowest BCUT2D eigenvalue weighted by molar-refractivity contribution is 0.0976. The van der Waals surface area contributed by atoms with Crippen LogP contribution in [0.3, 0.4) is 0 Å². The minimum Gasteiger partial charge on any atom is -0.340 e. The van der Waals surface area contributed by atoms with Gasteiger partial charge in [0.25, 0.3) is 0 Å². The molecule has 0 saturated carbocycles. The summed E-state index contributed by atoms with van der Waals surface area (Å²) in [6.07, 6.45) is 1.52. The molecule has 114 valence electrons. The first-order valence-corrected chi connectivity index (χ1v) is 8.18. The minimum atomic E-state index is -0.964. The summed E-state index contributed by atoms with van der Waals surface area (Å²) >= 11 is 1.60. The van der Waals surface area contributed by atoms with Crippen LogP contribution in [0.5, 0.6) is 0 Å². The van der Waals surface area contributed by atoms with Crippen LogP contribution in [-0.4, -0.2) is 26.5 Å². The van der Waals surface area contributed by atoms with Gasteiger partial charge in [-0.2, -0.15) is 5.26 Å². The number of ketones is 1. The van der Waals surface area contributed by atoms with Crippen LogP contribution in [-0.2, 0) is 0 Å². The van der Waals surface area contributed by atoms with E-state index >= 15 is 0 Å². The highest BCUT2D eigenvalue weighted by Crippen LogP contribution is 2.22. The Bertz CT molecular complexity index is 846. The normalized spacial score (nSPS) is 12.0. The Labute approximate surface area is 137 Å². The van der Waals surface area contributed by atoms with Gasteiger partial charge in [0, 0.05) is 11.8 Å². The highest BCUT2D eigenvalue weighted by Gasteiger charge is 2.25. The van der Waals surface area contributed by atoms with E-state index in [1.807, 2.05) is 37.3 Å². The van der Waals surface area contributed by atoms with Crippen LogP contribution < -0.4 is 0 Å². The summed E-state index contributed by atoms with van der Waals surface area (Å²) in [5.74, 6) is 0.0202. The molecule has 0 aliphatic carbocycles. The van der Waals surface area contributed by atoms with Gasteiger partial charge < -0.3 is 4.98 Å². The summed E-state index contributed by atoms with van der Waals surface area (Å²) in [6.45, 7) is 2.04. The summed E-state index contributed by atoms with van der Waals surface area (Å²) < 4.78 is 0. The molecule has 23 heavy (non-hydrogen) atoms. The zero-order valence-corrected chi connectivity index (χ0v) is 13.3. The van der Waals surface area contributed by atoms with Gasteiger partial charge >= 0.3 is 0 Å². The second-order valence-corrected chi connectivity index (χ2v) is 6.17. The molecule has 6 heteroatoms. The van der Waals surface area contributed by atoms with Crippen molar-refractivity contribution in [3.63, 3.8) is 0 Å². The van der Waals surface area contributed by atoms with Crippen LogP contribution in [0.1, 0.15) is 29.0 Å². The Morgan fingerprint density at radius 2 is 2.17 bits per heavy atom. The maximum atomic E-state index is 12.6. The monoisotopic (exact) mass is 322 g/mol. The van der Waals surface area contributed by atoms with Gasteiger partial charge in [-0.25, -0.2) is 9.97 Å². The van der Waals surface area contributed by atoms with Crippen molar-refractivity contribution in [3.8, 4) is 6.07 Å². The zero-order chi connectivity index (χ0) is 16.2. The van der Waals surface area contributed by atoms with Gasteiger partial charge in [0.15, 0.2) is 11.7 Å². The number of nitrogens with zero attached hydrogens (tertiary/aromatic N) is 3. The SMILES string of the molecule is CCSc1ccc(C(=O)[C@H](C#N)c2nc3ccccc3[nH]2)cn1. The number of aromatic amines is 1. The predicted molar refractivity (Wildman–Crippen MR) is 89.4 cm³/mol. The Hall–Kier alpha value is -2.65. The van der Waals surface area contributed by atoms with E-state index in [9.17, 15) is 10.1 Å². The number of Topliss-reactive ketones (excluding diaryl/α,β-unsaturated/α-hetero) is 1. The fourth-order valence-electron chi connectivity index (χ4n) is 2.28. The number of thioether (sulfide) groups is 1. The molecular weight excluding hydrogens is 308 g/mol. The minimum absolute atomic E-state index is 0.299. The summed E-state index contributed by atoms with van der Waals surface area (Å²) in [5.41, 5.74) is 1.96. The topological polar surface area (TPSA) is 82.4 Å². The maximum Gasteiger partial charge on any atom is 0.189 e. The van der Waals surface area contributed by atoms with Crippen LogP contribution >= 0.6 is 11.8 Å². The number of hydrogen-bond donors (Lipinski definition) is 1. The van der Waals surface area contributed by atoms with E-state index < -0.39 is 5.92 Å². The number of carbonyl (C=O) groups is 1. The number of H-pyrrole nitrogens is 1. The molecule has 3 rings (SSSR count). The third-order valence-corrected chi connectivity index (χ3v) is 4.21. The van der Waals surface area contributed by atoms with E-state index in [0.717, 1.165) is 21.8 Å². The molecule has 3 aromatic rings. The number of carbonyl (C=O) groups excluding carboxylic acids is 1. The van der Waals surface area contributed by atoms with Crippen LogP contribution in [0.15, 0.2) is 47.6 Å². The Morgan fingerprint density at radius 3 is 2.83 bits per heavy atom. The molecule has 1 N–H and O–H groups in total. The van der Waals surface area contributed by atoms with E-state index in [-0.39, 0.29) is 5.78 Å². The summed E-state index contributed by atoms with van der Waals surface area (Å²) in [7, 11) is 0. The maximum absolute atomic E-state index is 12.6. The number of para-hydroxylation sites is 2. The van der Waals surface area contributed by atoms with E-state index in [1.54, 1.807) is 23.9 Å². The molecule has 2 aromatic heterocycles. The quantitative estimate of drug-likeness (QED) is 0.573. The molecular formula is C17H14N4OS. The fourth-order valence-corrected chi connectivity index (χ4v) is 2.87. The number of benzene rings is 1. The van der Waals surface area contributed by atoms with Crippen molar-refractivity contribution in [2.45, 2.75) is 17.9 Å². The molecule has 0 aliphatic rings. The van der Waals surface area contributed by atoms with Gasteiger partial charge in [-0.05, 0) is 30.0 Å². The number of fused-ring (bicyclic) bond motifs is 1. The largest absolute Gasteiger partial charge is 0.340 e. The van der Waals surface area contributed by atoms with Crippen molar-refractivity contribution in [2.24, 2.45) is 0 Å². The first kappa shape index (κ1) is 15.3. The van der Waals surface area contributed by atoms with Gasteiger partial charge in [0.1, 0.15) is 5.82 Å². The zero-order valence-electron chi connectivity index (χ0n) is 12.5. The molecule has 0 saturated heterocycles. The molecule has 0 fully saturated rings. The van der Waals surface area contributed by atoms with Crippen molar-refractivity contribution in [3.05, 3.63) is 54.0 Å². The smallest absolute Gasteiger partial charge is 0.189 e. The number of nitriles is 1. The Balaban J connectivity index is 1.90. The molecule has 0 bridgehead atoms. The fraction of sp³-hybridized carbons (Fsp3) is 0.176. The van der Waals surface area contributed by atoms with Gasteiger partial charge in [0.2, 0.25) is 0 Å². The van der Waals surface area contributed by atoms with Crippen LogP contribution in [0, 0.1) is 11.3 Å². The third kappa shape index (κ3) is 3.10. The molecule has 5 nitrogen and oxygen atoms in total. The van der Waals surface area contributed by atoms with Gasteiger partial charge in [-0.3, -0.25) is 4.79 Å². The average Bonchev–Trinajstić information content (AvgIpc) is 3.00. The van der Waals surface area contributed by atoms with E-state index in [1.165, 1.54) is 6.20 Å². The summed E-state index contributed by atoms with van der Waals surface area (Å²) in [5, 5.41) is 10.3. The molecule has 0 spiro atoms. The molecule has 0 amide bonds. The highest BCUT2D eigenvalue weighted by molar-refractivity contribution is 7.99. The number of rotatable bonds is 5. The molecule has 2 heterocycles. The first-order chi connectivity index (χ1) is 11.2. The van der Waals surface area contributed by atoms with Crippen LogP contribution in [0.2, 0.25) is 0 Å². The van der Waals surface area contributed by atoms with Crippen molar-refractivity contribution in [1.82, 2.24) is 15.0 Å². The number of aromatic nitrogens is 3. The highest BCUT2D eigenvalue weighted by atomic mass is 32.2. The predicted octanol–water partition coefficient (Wildman–Crippen LogP) is 3.56. The second kappa shape index (κ2) is 6.63. The second-order valence-electron chi connectivity index (χ2n) is 4.88. The molecule has 1 aromatic carbocycles. The van der Waals surface area contributed by atoms with Crippen molar-refractivity contribution in [1.29, 1.82) is 5.26 Å². The number of nitrogens with one attached hydrogen (secondary N) is 1. The van der Waals surface area contributed by atoms with Crippen LogP contribution in [0.25, 0.3) is 11.0 Å². The number of hydrogen-bond acceptors (Lipinski definition) is 5. The van der Waals surface area contributed by atoms with Crippen molar-refractivity contribution < 1.29 is 4.79 Å². The van der Waals surface area contributed by atoms with E-state index in [4.69, 9.17) is 0 Å². The third-order valence-electron chi connectivity index (χ3n) is 3.39. The van der Waals surface area contributed by atoms with Crippen molar-refractivity contribution >= 4 is 28.6 Å². The van der Waals surface area contributed by atoms with Crippen LogP contribution in [0.4, 0.5) is 0 Å². The van der Waals surface area contributed by atoms with Gasteiger partial charge in [-0.1, -0.05) is 19.1 Å². The number of imidazole rings is 1. The van der Waals surface area contributed by atoms with Crippen molar-refractivity contribution in [2.75, 3.05) is 5.75 Å². The summed E-state index contributed by atoms with van der Waals surface area (Å²) in [6, 6.07) is 13.0. The van der Waals surface area contributed by atoms with E-state index in [0.29, 0.717) is 11.4 Å². The van der Waals surface area contributed by atoms with Gasteiger partial charge in [0.05, 0.1) is 22.1 Å². The number of pyridine rings is 1. The lowest BCUT2D eigenvalue weighted by Gasteiger charge is -2.05. The lowest BCUT2D eigenvalue weighted by Crippen LogP contribution is -2.13. The standard InChI is InChI=1S/C17H14N4OS/c1-2-23-15-8-7-11(10-19-15)16(22)12(9-18)17-20-13-5-3-4-6-14(13)21-17/h3-8,10,12H,2H2,1H3,(H,20,21)/t12-/m0/s1. The molecule has 0 unspecified atom stereocenters. The van der Waals surface area contributed by atoms with E-state index in [2.05, 4.69) is 15.0 Å². The Morgan fingerprint density at radius 1 is 1.35 bits per heavy atom. The molecule has 1 atom stereocenters.